The van der Waals surface area contributed by atoms with Gasteiger partial charge in [-0.05, 0) is 55.1 Å². The molecule has 5 nitrogen and oxygen atoms in total. The maximum atomic E-state index is 5.83. The summed E-state index contributed by atoms with van der Waals surface area (Å²) in [6.45, 7) is 0. The second-order valence-electron chi connectivity index (χ2n) is 5.91. The van der Waals surface area contributed by atoms with Gasteiger partial charge in [-0.2, -0.15) is 0 Å². The molecule has 1 aliphatic rings. The fourth-order valence-electron chi connectivity index (χ4n) is 3.17. The summed E-state index contributed by atoms with van der Waals surface area (Å²) < 4.78 is 5.83. The van der Waals surface area contributed by atoms with Crippen molar-refractivity contribution in [3.05, 3.63) is 47.1 Å². The molecule has 5 rings (SSSR count). The van der Waals surface area contributed by atoms with E-state index in [1.54, 1.807) is 17.7 Å². The first-order valence-corrected chi connectivity index (χ1v) is 9.84. The summed E-state index contributed by atoms with van der Waals surface area (Å²) in [5, 5.41) is 10.9. The van der Waals surface area contributed by atoms with Gasteiger partial charge in [0.15, 0.2) is 0 Å². The zero-order valence-corrected chi connectivity index (χ0v) is 14.9. The molecule has 0 N–H and O–H groups in total. The standard InChI is InChI=1S/C18H14N4OS2/c1-2-6-11(7-3-1)15-21-22-18(23-15)25-17-14-12-8-4-5-9-13(12)24-16(14)19-10-20-17/h1-3,6-7,10H,4-5,8-9H2. The lowest BCUT2D eigenvalue weighted by Crippen LogP contribution is -1.98. The Kier molecular flexibility index (Phi) is 3.75. The first-order valence-electron chi connectivity index (χ1n) is 8.20. The Balaban J connectivity index is 1.52. The Bertz CT molecular complexity index is 1040. The molecular weight excluding hydrogens is 352 g/mol. The molecule has 0 saturated heterocycles. The Morgan fingerprint density at radius 2 is 1.88 bits per heavy atom. The molecule has 0 spiro atoms. The van der Waals surface area contributed by atoms with Gasteiger partial charge in [0, 0.05) is 15.8 Å². The third-order valence-electron chi connectivity index (χ3n) is 4.33. The van der Waals surface area contributed by atoms with E-state index in [0.717, 1.165) is 28.3 Å². The molecule has 0 unspecified atom stereocenters. The molecule has 25 heavy (non-hydrogen) atoms. The lowest BCUT2D eigenvalue weighted by molar-refractivity contribution is 0.465. The van der Waals surface area contributed by atoms with Gasteiger partial charge in [0.2, 0.25) is 5.89 Å². The van der Waals surface area contributed by atoms with Gasteiger partial charge in [0.1, 0.15) is 16.2 Å². The average molecular weight is 366 g/mol. The van der Waals surface area contributed by atoms with Crippen molar-refractivity contribution in [1.82, 2.24) is 20.2 Å². The van der Waals surface area contributed by atoms with E-state index in [4.69, 9.17) is 4.42 Å². The number of benzene rings is 1. The van der Waals surface area contributed by atoms with Crippen molar-refractivity contribution in [3.63, 3.8) is 0 Å². The average Bonchev–Trinajstić information content (AvgIpc) is 3.27. The van der Waals surface area contributed by atoms with Crippen LogP contribution in [0.2, 0.25) is 0 Å². The van der Waals surface area contributed by atoms with Crippen LogP contribution in [-0.2, 0) is 12.8 Å². The maximum absolute atomic E-state index is 5.83. The predicted molar refractivity (Wildman–Crippen MR) is 97.9 cm³/mol. The number of thiophene rings is 1. The molecule has 4 aromatic rings. The second-order valence-corrected chi connectivity index (χ2v) is 7.93. The fraction of sp³-hybridized carbons (Fsp3) is 0.222. The van der Waals surface area contributed by atoms with E-state index >= 15 is 0 Å². The smallest absolute Gasteiger partial charge is 0.283 e. The van der Waals surface area contributed by atoms with Crippen LogP contribution >= 0.6 is 23.1 Å². The molecule has 1 aromatic carbocycles. The third-order valence-corrected chi connectivity index (χ3v) is 6.37. The van der Waals surface area contributed by atoms with E-state index in [0.29, 0.717) is 11.1 Å². The summed E-state index contributed by atoms with van der Waals surface area (Å²) in [4.78, 5) is 11.5. The van der Waals surface area contributed by atoms with Crippen LogP contribution in [0.1, 0.15) is 23.3 Å². The highest BCUT2D eigenvalue weighted by Crippen LogP contribution is 2.41. The Labute approximate surface area is 152 Å². The van der Waals surface area contributed by atoms with Gasteiger partial charge in [-0.1, -0.05) is 18.2 Å². The normalized spacial score (nSPS) is 13.9. The Hall–Kier alpha value is -2.25. The van der Waals surface area contributed by atoms with Crippen LogP contribution in [0, 0.1) is 0 Å². The predicted octanol–water partition coefficient (Wildman–Crippen LogP) is 4.77. The van der Waals surface area contributed by atoms with Gasteiger partial charge in [-0.25, -0.2) is 9.97 Å². The largest absolute Gasteiger partial charge is 0.411 e. The topological polar surface area (TPSA) is 64.7 Å². The van der Waals surface area contributed by atoms with Crippen molar-refractivity contribution in [2.45, 2.75) is 35.9 Å². The van der Waals surface area contributed by atoms with Gasteiger partial charge in [-0.15, -0.1) is 21.5 Å². The molecule has 0 saturated carbocycles. The summed E-state index contributed by atoms with van der Waals surface area (Å²) in [6, 6.07) is 9.79. The fourth-order valence-corrected chi connectivity index (χ4v) is 5.25. The van der Waals surface area contributed by atoms with Crippen LogP contribution in [0.3, 0.4) is 0 Å². The minimum Gasteiger partial charge on any atom is -0.411 e. The number of rotatable bonds is 3. The molecule has 1 aliphatic carbocycles. The summed E-state index contributed by atoms with van der Waals surface area (Å²) in [6.07, 6.45) is 6.38. The molecule has 3 heterocycles. The highest BCUT2D eigenvalue weighted by atomic mass is 32.2. The van der Waals surface area contributed by atoms with Gasteiger partial charge >= 0.3 is 0 Å². The summed E-state index contributed by atoms with van der Waals surface area (Å²) >= 11 is 3.22. The number of aromatic nitrogens is 4. The van der Waals surface area contributed by atoms with Crippen molar-refractivity contribution < 1.29 is 4.42 Å². The van der Waals surface area contributed by atoms with Gasteiger partial charge < -0.3 is 4.42 Å². The number of fused-ring (bicyclic) bond motifs is 3. The molecule has 0 amide bonds. The number of nitrogens with zero attached hydrogens (tertiary/aromatic N) is 4. The molecule has 124 valence electrons. The van der Waals surface area contributed by atoms with E-state index in [1.807, 2.05) is 30.3 Å². The number of hydrogen-bond acceptors (Lipinski definition) is 7. The van der Waals surface area contributed by atoms with E-state index in [1.165, 1.54) is 40.4 Å². The summed E-state index contributed by atoms with van der Waals surface area (Å²) in [5.74, 6) is 0.528. The summed E-state index contributed by atoms with van der Waals surface area (Å²) in [5.41, 5.74) is 2.33. The van der Waals surface area contributed by atoms with Crippen LogP contribution in [0.15, 0.2) is 51.3 Å². The molecule has 0 fully saturated rings. The zero-order chi connectivity index (χ0) is 16.6. The van der Waals surface area contributed by atoms with Crippen molar-refractivity contribution in [2.24, 2.45) is 0 Å². The van der Waals surface area contributed by atoms with Gasteiger partial charge in [0.05, 0.1) is 0 Å². The third kappa shape index (κ3) is 2.73. The van der Waals surface area contributed by atoms with Crippen molar-refractivity contribution in [2.75, 3.05) is 0 Å². The lowest BCUT2D eigenvalue weighted by Gasteiger charge is -2.10. The molecule has 7 heteroatoms. The summed E-state index contributed by atoms with van der Waals surface area (Å²) in [7, 11) is 0. The SMILES string of the molecule is c1ccc(-c2nnc(Sc3ncnc4sc5c(c34)CCCC5)o2)cc1. The lowest BCUT2D eigenvalue weighted by atomic mass is 9.97. The highest BCUT2D eigenvalue weighted by Gasteiger charge is 2.21. The van der Waals surface area contributed by atoms with Crippen LogP contribution in [0.4, 0.5) is 0 Å². The molecule has 0 aliphatic heterocycles. The van der Waals surface area contributed by atoms with Crippen LogP contribution in [0.25, 0.3) is 21.7 Å². The minimum atomic E-state index is 0.509. The molecule has 0 radical (unpaired) electrons. The molecule has 3 aromatic heterocycles. The zero-order valence-electron chi connectivity index (χ0n) is 13.3. The quantitative estimate of drug-likeness (QED) is 0.487. The van der Waals surface area contributed by atoms with Crippen LogP contribution in [0.5, 0.6) is 0 Å². The van der Waals surface area contributed by atoms with E-state index in [2.05, 4.69) is 20.2 Å². The van der Waals surface area contributed by atoms with Gasteiger partial charge in [-0.3, -0.25) is 0 Å². The molecule has 0 atom stereocenters. The minimum absolute atomic E-state index is 0.509. The Morgan fingerprint density at radius 3 is 2.80 bits per heavy atom. The van der Waals surface area contributed by atoms with Crippen LogP contribution in [-0.4, -0.2) is 20.2 Å². The maximum Gasteiger partial charge on any atom is 0.283 e. The second kappa shape index (κ2) is 6.24. The van der Waals surface area contributed by atoms with Crippen molar-refractivity contribution in [3.8, 4) is 11.5 Å². The van der Waals surface area contributed by atoms with Gasteiger partial charge in [0.25, 0.3) is 5.22 Å². The van der Waals surface area contributed by atoms with E-state index < -0.39 is 0 Å². The van der Waals surface area contributed by atoms with E-state index in [9.17, 15) is 0 Å². The number of hydrogen-bond donors (Lipinski definition) is 0. The first-order chi connectivity index (χ1) is 12.4. The number of aryl methyl sites for hydroxylation is 2. The van der Waals surface area contributed by atoms with Crippen LogP contribution < -0.4 is 0 Å². The molecule has 0 bridgehead atoms. The van der Waals surface area contributed by atoms with Crippen molar-refractivity contribution in [1.29, 1.82) is 0 Å². The highest BCUT2D eigenvalue weighted by molar-refractivity contribution is 7.99. The molecular formula is C18H14N4OS2. The van der Waals surface area contributed by atoms with E-state index in [-0.39, 0.29) is 0 Å². The Morgan fingerprint density at radius 1 is 1.00 bits per heavy atom. The monoisotopic (exact) mass is 366 g/mol. The first kappa shape index (κ1) is 15.0. The van der Waals surface area contributed by atoms with Crippen molar-refractivity contribution >= 4 is 33.3 Å².